The van der Waals surface area contributed by atoms with E-state index in [-0.39, 0.29) is 24.0 Å². The van der Waals surface area contributed by atoms with E-state index >= 15 is 0 Å². The van der Waals surface area contributed by atoms with Gasteiger partial charge < -0.3 is 15.2 Å². The van der Waals surface area contributed by atoms with Crippen LogP contribution >= 0.6 is 24.0 Å². The van der Waals surface area contributed by atoms with E-state index in [9.17, 15) is 0 Å². The van der Waals surface area contributed by atoms with Crippen LogP contribution in [-0.2, 0) is 6.42 Å². The molecule has 0 bridgehead atoms. The van der Waals surface area contributed by atoms with Crippen molar-refractivity contribution in [3.63, 3.8) is 0 Å². The quantitative estimate of drug-likeness (QED) is 0.249. The fourth-order valence-corrected chi connectivity index (χ4v) is 3.54. The van der Waals surface area contributed by atoms with Crippen LogP contribution in [0.1, 0.15) is 50.8 Å². The first-order chi connectivity index (χ1) is 13.3. The van der Waals surface area contributed by atoms with Crippen molar-refractivity contribution in [3.05, 3.63) is 30.2 Å². The Morgan fingerprint density at radius 1 is 1.18 bits per heavy atom. The molecule has 2 N–H and O–H groups in total. The van der Waals surface area contributed by atoms with Gasteiger partial charge in [-0.05, 0) is 30.9 Å². The molecule has 1 saturated carbocycles. The summed E-state index contributed by atoms with van der Waals surface area (Å²) >= 11 is 0. The van der Waals surface area contributed by atoms with Crippen molar-refractivity contribution < 1.29 is 4.52 Å². The number of aliphatic imine (C=N–C) groups is 1. The van der Waals surface area contributed by atoms with Crippen LogP contribution in [0.3, 0.4) is 0 Å². The van der Waals surface area contributed by atoms with E-state index < -0.39 is 0 Å². The van der Waals surface area contributed by atoms with Gasteiger partial charge in [0, 0.05) is 32.8 Å². The number of nitrogens with one attached hydrogen (secondary N) is 2. The minimum absolute atomic E-state index is 0. The molecule has 0 saturated heterocycles. The molecule has 1 aliphatic rings. The first-order valence-corrected chi connectivity index (χ1v) is 10.0. The molecule has 0 aromatic carbocycles. The second kappa shape index (κ2) is 12.7. The number of pyridine rings is 1. The maximum atomic E-state index is 5.27. The molecule has 0 unspecified atom stereocenters. The van der Waals surface area contributed by atoms with Crippen molar-refractivity contribution in [2.24, 2.45) is 10.9 Å². The fraction of sp³-hybridized carbons (Fsp3) is 0.600. The standard InChI is InChI=1S/C20H30N6O.HI/c1-21-20(23-14-7-10-16-8-3-2-4-9-16)24-15-12-18-25-19(27-26-18)17-11-5-6-13-22-17;/h5-6,11,13,16H,2-4,7-10,12,14-15H2,1H3,(H2,21,23,24);1H. The van der Waals surface area contributed by atoms with Gasteiger partial charge in [0.1, 0.15) is 5.69 Å². The molecule has 0 aliphatic heterocycles. The van der Waals surface area contributed by atoms with Crippen LogP contribution < -0.4 is 10.6 Å². The number of guanidine groups is 1. The number of halogens is 1. The zero-order valence-electron chi connectivity index (χ0n) is 16.6. The highest BCUT2D eigenvalue weighted by atomic mass is 127. The predicted molar refractivity (Wildman–Crippen MR) is 122 cm³/mol. The second-order valence-electron chi connectivity index (χ2n) is 7.05. The summed E-state index contributed by atoms with van der Waals surface area (Å²) in [6.07, 6.45) is 12.0. The van der Waals surface area contributed by atoms with Crippen LogP contribution in [0.15, 0.2) is 33.9 Å². The first-order valence-electron chi connectivity index (χ1n) is 10.0. The van der Waals surface area contributed by atoms with Gasteiger partial charge in [-0.25, -0.2) is 0 Å². The highest BCUT2D eigenvalue weighted by molar-refractivity contribution is 14.0. The number of rotatable bonds is 8. The van der Waals surface area contributed by atoms with Crippen LogP contribution in [-0.4, -0.2) is 41.2 Å². The summed E-state index contributed by atoms with van der Waals surface area (Å²) < 4.78 is 5.27. The number of hydrogen-bond donors (Lipinski definition) is 2. The Hall–Kier alpha value is -1.71. The third-order valence-corrected chi connectivity index (χ3v) is 5.02. The molecular formula is C20H31IN6O. The van der Waals surface area contributed by atoms with E-state index in [1.807, 2.05) is 18.2 Å². The van der Waals surface area contributed by atoms with Gasteiger partial charge in [0.25, 0.3) is 5.89 Å². The Morgan fingerprint density at radius 2 is 2.00 bits per heavy atom. The summed E-state index contributed by atoms with van der Waals surface area (Å²) in [5.41, 5.74) is 0.694. The molecule has 8 heteroatoms. The molecule has 2 aromatic heterocycles. The summed E-state index contributed by atoms with van der Waals surface area (Å²) in [7, 11) is 1.80. The van der Waals surface area contributed by atoms with Crippen molar-refractivity contribution in [3.8, 4) is 11.6 Å². The Morgan fingerprint density at radius 3 is 2.75 bits per heavy atom. The molecule has 1 aliphatic carbocycles. The van der Waals surface area contributed by atoms with Crippen molar-refractivity contribution >= 4 is 29.9 Å². The lowest BCUT2D eigenvalue weighted by molar-refractivity contribution is 0.332. The highest BCUT2D eigenvalue weighted by Crippen LogP contribution is 2.26. The molecule has 0 amide bonds. The Kier molecular flexibility index (Phi) is 10.2. The molecule has 2 heterocycles. The molecule has 1 fully saturated rings. The topological polar surface area (TPSA) is 88.2 Å². The molecule has 2 aromatic rings. The first kappa shape index (κ1) is 22.6. The highest BCUT2D eigenvalue weighted by Gasteiger charge is 2.13. The zero-order valence-corrected chi connectivity index (χ0v) is 18.9. The van der Waals surface area contributed by atoms with E-state index in [4.69, 9.17) is 4.52 Å². The molecule has 7 nitrogen and oxygen atoms in total. The minimum atomic E-state index is 0. The van der Waals surface area contributed by atoms with Crippen LogP contribution in [0, 0.1) is 5.92 Å². The molecular weight excluding hydrogens is 467 g/mol. The van der Waals surface area contributed by atoms with Gasteiger partial charge in [-0.1, -0.05) is 43.3 Å². The maximum Gasteiger partial charge on any atom is 0.276 e. The zero-order chi connectivity index (χ0) is 18.7. The average molecular weight is 498 g/mol. The van der Waals surface area contributed by atoms with E-state index in [0.717, 1.165) is 18.4 Å². The molecule has 154 valence electrons. The number of hydrogen-bond acceptors (Lipinski definition) is 5. The van der Waals surface area contributed by atoms with Gasteiger partial charge in [-0.3, -0.25) is 9.98 Å². The van der Waals surface area contributed by atoms with Crippen LogP contribution in [0.4, 0.5) is 0 Å². The van der Waals surface area contributed by atoms with Crippen molar-refractivity contribution in [1.29, 1.82) is 0 Å². The number of aromatic nitrogens is 3. The van der Waals surface area contributed by atoms with E-state index in [1.54, 1.807) is 13.2 Å². The van der Waals surface area contributed by atoms with Gasteiger partial charge in [0.05, 0.1) is 0 Å². The summed E-state index contributed by atoms with van der Waals surface area (Å²) in [6.45, 7) is 1.66. The summed E-state index contributed by atoms with van der Waals surface area (Å²) in [5.74, 6) is 2.88. The summed E-state index contributed by atoms with van der Waals surface area (Å²) in [5, 5.41) is 10.7. The molecule has 0 atom stereocenters. The largest absolute Gasteiger partial charge is 0.356 e. The minimum Gasteiger partial charge on any atom is -0.356 e. The summed E-state index contributed by atoms with van der Waals surface area (Å²) in [6, 6.07) is 5.62. The predicted octanol–water partition coefficient (Wildman–Crippen LogP) is 3.82. The molecule has 0 spiro atoms. The van der Waals surface area contributed by atoms with E-state index in [2.05, 4.69) is 30.8 Å². The monoisotopic (exact) mass is 498 g/mol. The lowest BCUT2D eigenvalue weighted by atomic mass is 9.86. The lowest BCUT2D eigenvalue weighted by Gasteiger charge is -2.21. The van der Waals surface area contributed by atoms with Gasteiger partial charge in [0.15, 0.2) is 11.8 Å². The van der Waals surface area contributed by atoms with E-state index in [0.29, 0.717) is 30.4 Å². The third kappa shape index (κ3) is 7.37. The fourth-order valence-electron chi connectivity index (χ4n) is 3.54. The normalized spacial score (nSPS) is 15.1. The smallest absolute Gasteiger partial charge is 0.276 e. The second-order valence-corrected chi connectivity index (χ2v) is 7.05. The molecule has 28 heavy (non-hydrogen) atoms. The molecule has 3 rings (SSSR count). The van der Waals surface area contributed by atoms with Crippen LogP contribution in [0.25, 0.3) is 11.6 Å². The van der Waals surface area contributed by atoms with E-state index in [1.165, 1.54) is 44.9 Å². The van der Waals surface area contributed by atoms with Gasteiger partial charge in [-0.15, -0.1) is 24.0 Å². The maximum absolute atomic E-state index is 5.27. The lowest BCUT2D eigenvalue weighted by Crippen LogP contribution is -2.38. The van der Waals surface area contributed by atoms with Gasteiger partial charge in [0.2, 0.25) is 0 Å². The van der Waals surface area contributed by atoms with Crippen molar-refractivity contribution in [1.82, 2.24) is 25.8 Å². The number of nitrogens with zero attached hydrogens (tertiary/aromatic N) is 4. The van der Waals surface area contributed by atoms with Crippen LogP contribution in [0.5, 0.6) is 0 Å². The third-order valence-electron chi connectivity index (χ3n) is 5.02. The van der Waals surface area contributed by atoms with Crippen molar-refractivity contribution in [2.75, 3.05) is 20.1 Å². The SMILES string of the molecule is CN=C(NCCCC1CCCCC1)NCCc1noc(-c2ccccn2)n1.I. The average Bonchev–Trinajstić information content (AvgIpc) is 3.20. The Bertz CT molecular complexity index is 700. The van der Waals surface area contributed by atoms with Crippen LogP contribution in [0.2, 0.25) is 0 Å². The summed E-state index contributed by atoms with van der Waals surface area (Å²) in [4.78, 5) is 12.9. The van der Waals surface area contributed by atoms with Gasteiger partial charge >= 0.3 is 0 Å². The van der Waals surface area contributed by atoms with Gasteiger partial charge in [-0.2, -0.15) is 4.98 Å². The molecule has 0 radical (unpaired) electrons. The Labute approximate surface area is 184 Å². The Balaban J connectivity index is 0.00000280. The van der Waals surface area contributed by atoms with Crippen molar-refractivity contribution in [2.45, 2.75) is 51.4 Å².